The molecule has 0 fully saturated rings. The summed E-state index contributed by atoms with van der Waals surface area (Å²) in [6.45, 7) is 6.22. The first kappa shape index (κ1) is 29.9. The molecule has 2 rings (SSSR count). The standard InChI is InChI=1S/C32H50NO3/c1-5-7-8-9-10-11-13-19-28-22-18-23-30(26-28)35-24-16-17-25-36-32(34)31(6-2)33(3,4)27-29-20-14-12-15-21-29/h12,14-15,18,20-23,26,31H,5-11,13,16-17,19,24-25,27H2,1-4H3/q+1. The van der Waals surface area contributed by atoms with Crippen molar-refractivity contribution in [3.8, 4) is 5.75 Å². The predicted octanol–water partition coefficient (Wildman–Crippen LogP) is 7.74. The zero-order valence-corrected chi connectivity index (χ0v) is 23.3. The first-order chi connectivity index (χ1) is 17.5. The smallest absolute Gasteiger partial charge is 0.364 e. The van der Waals surface area contributed by atoms with Gasteiger partial charge in [-0.3, -0.25) is 0 Å². The topological polar surface area (TPSA) is 35.5 Å². The van der Waals surface area contributed by atoms with E-state index in [4.69, 9.17) is 9.47 Å². The van der Waals surface area contributed by atoms with E-state index in [2.05, 4.69) is 58.3 Å². The summed E-state index contributed by atoms with van der Waals surface area (Å²) < 4.78 is 12.2. The van der Waals surface area contributed by atoms with Gasteiger partial charge < -0.3 is 14.0 Å². The molecule has 1 unspecified atom stereocenters. The van der Waals surface area contributed by atoms with Crippen LogP contribution in [0.1, 0.15) is 89.2 Å². The van der Waals surface area contributed by atoms with Crippen LogP contribution in [0.4, 0.5) is 0 Å². The lowest BCUT2D eigenvalue weighted by atomic mass is 10.0. The molecule has 0 aliphatic rings. The zero-order valence-electron chi connectivity index (χ0n) is 23.3. The summed E-state index contributed by atoms with van der Waals surface area (Å²) in [5, 5.41) is 0. The molecule has 0 N–H and O–H groups in total. The summed E-state index contributed by atoms with van der Waals surface area (Å²) >= 11 is 0. The van der Waals surface area contributed by atoms with Crippen LogP contribution in [-0.4, -0.2) is 43.8 Å². The second kappa shape index (κ2) is 17.2. The van der Waals surface area contributed by atoms with E-state index in [-0.39, 0.29) is 12.0 Å². The van der Waals surface area contributed by atoms with Gasteiger partial charge in [-0.2, -0.15) is 0 Å². The van der Waals surface area contributed by atoms with E-state index in [0.29, 0.717) is 17.7 Å². The molecule has 1 atom stereocenters. The maximum Gasteiger partial charge on any atom is 0.364 e. The third kappa shape index (κ3) is 11.6. The van der Waals surface area contributed by atoms with Crippen molar-refractivity contribution in [2.24, 2.45) is 0 Å². The highest BCUT2D eigenvalue weighted by molar-refractivity contribution is 5.74. The molecule has 0 heterocycles. The number of benzene rings is 2. The summed E-state index contributed by atoms with van der Waals surface area (Å²) in [7, 11) is 4.22. The Labute approximate surface area is 220 Å². The van der Waals surface area contributed by atoms with Crippen molar-refractivity contribution < 1.29 is 18.8 Å². The molecule has 0 aliphatic carbocycles. The number of rotatable bonds is 19. The van der Waals surface area contributed by atoms with Gasteiger partial charge in [0.15, 0.2) is 6.04 Å². The van der Waals surface area contributed by atoms with E-state index in [1.54, 1.807) is 0 Å². The molecule has 200 valence electrons. The number of carbonyl (C=O) groups excluding carboxylic acids is 1. The van der Waals surface area contributed by atoms with Crippen molar-refractivity contribution in [2.75, 3.05) is 27.3 Å². The normalized spacial score (nSPS) is 12.3. The van der Waals surface area contributed by atoms with Crippen molar-refractivity contribution >= 4 is 5.97 Å². The van der Waals surface area contributed by atoms with Crippen molar-refractivity contribution in [1.82, 2.24) is 0 Å². The first-order valence-electron chi connectivity index (χ1n) is 14.2. The van der Waals surface area contributed by atoms with E-state index in [0.717, 1.165) is 38.0 Å². The molecule has 0 aromatic heterocycles. The van der Waals surface area contributed by atoms with Gasteiger partial charge in [-0.05, 0) is 43.4 Å². The van der Waals surface area contributed by atoms with Crippen LogP contribution in [0.3, 0.4) is 0 Å². The Balaban J connectivity index is 1.63. The van der Waals surface area contributed by atoms with Crippen LogP contribution in [-0.2, 0) is 22.5 Å². The van der Waals surface area contributed by atoms with Crippen LogP contribution in [0.15, 0.2) is 54.6 Å². The first-order valence-corrected chi connectivity index (χ1v) is 14.2. The summed E-state index contributed by atoms with van der Waals surface area (Å²) in [5.41, 5.74) is 2.59. The summed E-state index contributed by atoms with van der Waals surface area (Å²) in [5.74, 6) is 0.843. The van der Waals surface area contributed by atoms with E-state index in [1.165, 1.54) is 56.1 Å². The number of ether oxygens (including phenoxy) is 2. The monoisotopic (exact) mass is 496 g/mol. The van der Waals surface area contributed by atoms with Crippen molar-refractivity contribution in [1.29, 1.82) is 0 Å². The molecule has 2 aromatic carbocycles. The summed E-state index contributed by atoms with van der Waals surface area (Å²) in [6.07, 6.45) is 12.9. The second-order valence-electron chi connectivity index (χ2n) is 10.6. The van der Waals surface area contributed by atoms with Crippen LogP contribution in [0.5, 0.6) is 5.75 Å². The van der Waals surface area contributed by atoms with Crippen molar-refractivity contribution in [3.05, 3.63) is 65.7 Å². The SMILES string of the molecule is CCCCCCCCCc1cccc(OCCCCOC(=O)C(CC)[N+](C)(C)Cc2ccccc2)c1. The van der Waals surface area contributed by atoms with E-state index in [1.807, 2.05) is 24.3 Å². The number of carbonyl (C=O) groups is 1. The van der Waals surface area contributed by atoms with E-state index in [9.17, 15) is 4.79 Å². The molecule has 4 nitrogen and oxygen atoms in total. The highest BCUT2D eigenvalue weighted by atomic mass is 16.5. The lowest BCUT2D eigenvalue weighted by Crippen LogP contribution is -2.52. The van der Waals surface area contributed by atoms with Crippen LogP contribution in [0.2, 0.25) is 0 Å². The molecular formula is C32H50NO3+. The number of unbranched alkanes of at least 4 members (excludes halogenated alkanes) is 7. The zero-order chi connectivity index (χ0) is 26.1. The van der Waals surface area contributed by atoms with Gasteiger partial charge in [0.1, 0.15) is 12.3 Å². The Morgan fingerprint density at radius 1 is 0.778 bits per heavy atom. The molecule has 0 spiro atoms. The molecule has 0 saturated heterocycles. The fraction of sp³-hybridized carbons (Fsp3) is 0.594. The van der Waals surface area contributed by atoms with Crippen LogP contribution < -0.4 is 4.74 Å². The van der Waals surface area contributed by atoms with Crippen LogP contribution >= 0.6 is 0 Å². The highest BCUT2D eigenvalue weighted by Gasteiger charge is 2.34. The molecule has 0 bridgehead atoms. The lowest BCUT2D eigenvalue weighted by molar-refractivity contribution is -0.919. The number of hydrogen-bond acceptors (Lipinski definition) is 3. The molecule has 0 amide bonds. The fourth-order valence-corrected chi connectivity index (χ4v) is 4.85. The largest absolute Gasteiger partial charge is 0.494 e. The van der Waals surface area contributed by atoms with E-state index < -0.39 is 0 Å². The lowest BCUT2D eigenvalue weighted by Gasteiger charge is -2.36. The number of aryl methyl sites for hydroxylation is 1. The fourth-order valence-electron chi connectivity index (χ4n) is 4.85. The Morgan fingerprint density at radius 3 is 2.17 bits per heavy atom. The number of likely N-dealkylation sites (N-methyl/N-ethyl adjacent to an activating group) is 1. The minimum absolute atomic E-state index is 0.0996. The molecule has 0 aliphatic heterocycles. The Kier molecular flexibility index (Phi) is 14.3. The average Bonchev–Trinajstić information content (AvgIpc) is 2.86. The van der Waals surface area contributed by atoms with Gasteiger partial charge in [0, 0.05) is 12.0 Å². The number of quaternary nitrogens is 1. The molecule has 36 heavy (non-hydrogen) atoms. The molecular weight excluding hydrogens is 446 g/mol. The molecule has 0 saturated carbocycles. The Hall–Kier alpha value is -2.33. The van der Waals surface area contributed by atoms with Crippen molar-refractivity contribution in [3.63, 3.8) is 0 Å². The van der Waals surface area contributed by atoms with Gasteiger partial charge in [0.2, 0.25) is 0 Å². The highest BCUT2D eigenvalue weighted by Crippen LogP contribution is 2.19. The van der Waals surface area contributed by atoms with Gasteiger partial charge in [0.05, 0.1) is 27.3 Å². The minimum Gasteiger partial charge on any atom is -0.494 e. The molecule has 2 aromatic rings. The maximum absolute atomic E-state index is 12.8. The Morgan fingerprint density at radius 2 is 1.44 bits per heavy atom. The van der Waals surface area contributed by atoms with Gasteiger partial charge >= 0.3 is 5.97 Å². The number of esters is 1. The average molecular weight is 497 g/mol. The quantitative estimate of drug-likeness (QED) is 0.113. The number of hydrogen-bond donors (Lipinski definition) is 0. The van der Waals surface area contributed by atoms with Gasteiger partial charge in [-0.1, -0.05) is 94.8 Å². The molecule has 4 heteroatoms. The van der Waals surface area contributed by atoms with Gasteiger partial charge in [-0.15, -0.1) is 0 Å². The van der Waals surface area contributed by atoms with Crippen LogP contribution in [0.25, 0.3) is 0 Å². The minimum atomic E-state index is -0.166. The molecule has 0 radical (unpaired) electrons. The van der Waals surface area contributed by atoms with Gasteiger partial charge in [-0.25, -0.2) is 4.79 Å². The van der Waals surface area contributed by atoms with Crippen molar-refractivity contribution in [2.45, 2.75) is 97.1 Å². The maximum atomic E-state index is 12.8. The summed E-state index contributed by atoms with van der Waals surface area (Å²) in [6, 6.07) is 18.7. The predicted molar refractivity (Wildman–Crippen MR) is 150 cm³/mol. The number of nitrogens with zero attached hydrogens (tertiary/aromatic N) is 1. The second-order valence-corrected chi connectivity index (χ2v) is 10.6. The third-order valence-electron chi connectivity index (χ3n) is 6.95. The van der Waals surface area contributed by atoms with Crippen LogP contribution in [0, 0.1) is 0 Å². The Bertz CT molecular complexity index is 849. The van der Waals surface area contributed by atoms with Gasteiger partial charge in [0.25, 0.3) is 0 Å². The third-order valence-corrected chi connectivity index (χ3v) is 6.95. The van der Waals surface area contributed by atoms with E-state index >= 15 is 0 Å². The summed E-state index contributed by atoms with van der Waals surface area (Å²) in [4.78, 5) is 12.8.